The first kappa shape index (κ1) is 34.0. The highest BCUT2D eigenvalue weighted by Gasteiger charge is 2.22. The van der Waals surface area contributed by atoms with Crippen molar-refractivity contribution in [3.8, 4) is 11.5 Å². The molecule has 40 heavy (non-hydrogen) atoms. The Hall–Kier alpha value is -2.16. The molecule has 0 heterocycles. The molecule has 226 valence electrons. The van der Waals surface area contributed by atoms with Gasteiger partial charge in [-0.25, -0.2) is 0 Å². The molecule has 0 atom stereocenters. The van der Waals surface area contributed by atoms with Crippen LogP contribution in [0.15, 0.2) is 36.4 Å². The highest BCUT2D eigenvalue weighted by atomic mass is 16.3. The number of hydrogen-bond donors (Lipinski definition) is 3. The van der Waals surface area contributed by atoms with Gasteiger partial charge < -0.3 is 15.5 Å². The van der Waals surface area contributed by atoms with Crippen LogP contribution in [0.4, 0.5) is 11.4 Å². The second kappa shape index (κ2) is 21.6. The van der Waals surface area contributed by atoms with E-state index in [0.717, 1.165) is 30.6 Å². The van der Waals surface area contributed by atoms with Crippen LogP contribution in [0, 0.1) is 0 Å². The fourth-order valence-electron chi connectivity index (χ4n) is 6.03. The van der Waals surface area contributed by atoms with E-state index in [1.165, 1.54) is 127 Å². The third-order valence-electron chi connectivity index (χ3n) is 8.48. The fraction of sp³-hybridized carbons (Fsp3) is 0.676. The SMILES string of the molecule is CCCCCCCCCCC(CCCCCCCCCC)c1c(O)ccc(Nc2ccc(O)cc2)c1CCCC. The van der Waals surface area contributed by atoms with Crippen LogP contribution in [0.25, 0.3) is 0 Å². The number of aromatic hydroxyl groups is 2. The van der Waals surface area contributed by atoms with Gasteiger partial charge in [0.1, 0.15) is 11.5 Å². The molecule has 0 spiro atoms. The van der Waals surface area contributed by atoms with Crippen LogP contribution >= 0.6 is 0 Å². The third kappa shape index (κ3) is 13.5. The van der Waals surface area contributed by atoms with Crippen LogP contribution in [-0.4, -0.2) is 10.2 Å². The van der Waals surface area contributed by atoms with Gasteiger partial charge in [-0.3, -0.25) is 0 Å². The van der Waals surface area contributed by atoms with Crippen LogP contribution in [0.3, 0.4) is 0 Å². The van der Waals surface area contributed by atoms with Crippen LogP contribution in [0.2, 0.25) is 0 Å². The Kier molecular flexibility index (Phi) is 18.4. The number of benzene rings is 2. The quantitative estimate of drug-likeness (QED) is 0.0898. The monoisotopic (exact) mass is 551 g/mol. The molecule has 0 saturated carbocycles. The maximum absolute atomic E-state index is 11.3. The predicted octanol–water partition coefficient (Wildman–Crippen LogP) is 12.3. The predicted molar refractivity (Wildman–Crippen MR) is 175 cm³/mol. The van der Waals surface area contributed by atoms with Crippen molar-refractivity contribution in [3.05, 3.63) is 47.5 Å². The van der Waals surface area contributed by atoms with E-state index in [2.05, 4.69) is 26.1 Å². The van der Waals surface area contributed by atoms with E-state index < -0.39 is 0 Å². The van der Waals surface area contributed by atoms with Crippen molar-refractivity contribution in [2.24, 2.45) is 0 Å². The van der Waals surface area contributed by atoms with Gasteiger partial charge in [-0.15, -0.1) is 0 Å². The average Bonchev–Trinajstić information content (AvgIpc) is 2.96. The van der Waals surface area contributed by atoms with Crippen LogP contribution in [0.1, 0.15) is 166 Å². The first-order chi connectivity index (χ1) is 19.6. The minimum absolute atomic E-state index is 0.277. The van der Waals surface area contributed by atoms with Gasteiger partial charge in [-0.05, 0) is 73.6 Å². The number of phenols is 2. The normalized spacial score (nSPS) is 11.4. The van der Waals surface area contributed by atoms with Crippen LogP contribution < -0.4 is 5.32 Å². The third-order valence-corrected chi connectivity index (χ3v) is 8.48. The zero-order valence-electron chi connectivity index (χ0n) is 26.3. The molecule has 0 radical (unpaired) electrons. The first-order valence-corrected chi connectivity index (χ1v) is 17.0. The summed E-state index contributed by atoms with van der Waals surface area (Å²) in [4.78, 5) is 0. The molecule has 3 N–H and O–H groups in total. The number of hydrogen-bond acceptors (Lipinski definition) is 3. The summed E-state index contributed by atoms with van der Waals surface area (Å²) >= 11 is 0. The summed E-state index contributed by atoms with van der Waals surface area (Å²) in [5, 5.41) is 24.6. The van der Waals surface area contributed by atoms with Crippen molar-refractivity contribution >= 4 is 11.4 Å². The number of unbranched alkanes of at least 4 members (excludes halogenated alkanes) is 15. The number of anilines is 2. The Balaban J connectivity index is 2.14. The van der Waals surface area contributed by atoms with E-state index in [1.807, 2.05) is 24.3 Å². The molecule has 3 heteroatoms. The van der Waals surface area contributed by atoms with E-state index in [1.54, 1.807) is 12.1 Å². The minimum Gasteiger partial charge on any atom is -0.508 e. The summed E-state index contributed by atoms with van der Waals surface area (Å²) in [6, 6.07) is 11.2. The van der Waals surface area contributed by atoms with Gasteiger partial charge in [-0.1, -0.05) is 130 Å². The van der Waals surface area contributed by atoms with E-state index in [4.69, 9.17) is 0 Å². The summed E-state index contributed by atoms with van der Waals surface area (Å²) in [5.74, 6) is 1.17. The molecule has 0 aliphatic rings. The molecule has 0 aliphatic heterocycles. The summed E-state index contributed by atoms with van der Waals surface area (Å²) in [6.45, 7) is 6.81. The van der Waals surface area contributed by atoms with Crippen molar-refractivity contribution in [2.75, 3.05) is 5.32 Å². The van der Waals surface area contributed by atoms with Crippen LogP contribution in [0.5, 0.6) is 11.5 Å². The molecule has 2 aromatic rings. The number of phenolic OH excluding ortho intramolecular Hbond substituents is 2. The Bertz CT molecular complexity index is 872. The lowest BCUT2D eigenvalue weighted by Gasteiger charge is -2.25. The Morgan fingerprint density at radius 1 is 0.550 bits per heavy atom. The minimum atomic E-state index is 0.277. The van der Waals surface area contributed by atoms with Gasteiger partial charge in [0, 0.05) is 16.9 Å². The van der Waals surface area contributed by atoms with Crippen molar-refractivity contribution < 1.29 is 10.2 Å². The van der Waals surface area contributed by atoms with E-state index in [0.29, 0.717) is 11.7 Å². The maximum atomic E-state index is 11.3. The lowest BCUT2D eigenvalue weighted by molar-refractivity contribution is 0.435. The zero-order valence-corrected chi connectivity index (χ0v) is 26.3. The second-order valence-electron chi connectivity index (χ2n) is 12.0. The van der Waals surface area contributed by atoms with E-state index >= 15 is 0 Å². The van der Waals surface area contributed by atoms with E-state index in [-0.39, 0.29) is 5.75 Å². The molecular weight excluding hydrogens is 490 g/mol. The summed E-state index contributed by atoms with van der Waals surface area (Å²) in [5.41, 5.74) is 4.56. The molecule has 0 saturated heterocycles. The standard InChI is InChI=1S/C37H61NO2/c1-4-7-10-12-14-16-18-20-22-31(23-21-19-17-15-13-11-8-5-2)37-34(24-9-6-3)35(29-30-36(37)40)38-32-25-27-33(39)28-26-32/h25-31,38-40H,4-24H2,1-3H3. The smallest absolute Gasteiger partial charge is 0.119 e. The van der Waals surface area contributed by atoms with Gasteiger partial charge >= 0.3 is 0 Å². The molecule has 2 aromatic carbocycles. The van der Waals surface area contributed by atoms with Gasteiger partial charge in [0.25, 0.3) is 0 Å². The maximum Gasteiger partial charge on any atom is 0.119 e. The molecule has 3 nitrogen and oxygen atoms in total. The number of nitrogens with one attached hydrogen (secondary N) is 1. The Labute approximate surface area is 247 Å². The first-order valence-electron chi connectivity index (χ1n) is 17.0. The molecule has 0 aliphatic carbocycles. The molecular formula is C37H61NO2. The molecule has 0 amide bonds. The second-order valence-corrected chi connectivity index (χ2v) is 12.0. The molecule has 2 rings (SSSR count). The Morgan fingerprint density at radius 3 is 1.52 bits per heavy atom. The molecule has 0 unspecified atom stereocenters. The number of rotatable bonds is 24. The Morgan fingerprint density at radius 2 is 1.02 bits per heavy atom. The lowest BCUT2D eigenvalue weighted by Crippen LogP contribution is -2.08. The highest BCUT2D eigenvalue weighted by Crippen LogP contribution is 2.41. The lowest BCUT2D eigenvalue weighted by atomic mass is 9.83. The van der Waals surface area contributed by atoms with Gasteiger partial charge in [0.15, 0.2) is 0 Å². The van der Waals surface area contributed by atoms with Crippen molar-refractivity contribution in [3.63, 3.8) is 0 Å². The summed E-state index contributed by atoms with van der Waals surface area (Å²) in [6.07, 6.45) is 26.9. The van der Waals surface area contributed by atoms with Crippen molar-refractivity contribution in [1.82, 2.24) is 0 Å². The largest absolute Gasteiger partial charge is 0.508 e. The zero-order chi connectivity index (χ0) is 28.8. The molecule has 0 fully saturated rings. The van der Waals surface area contributed by atoms with Gasteiger partial charge in [-0.2, -0.15) is 0 Å². The fourth-order valence-corrected chi connectivity index (χ4v) is 6.03. The molecule has 0 bridgehead atoms. The van der Waals surface area contributed by atoms with Crippen molar-refractivity contribution in [2.45, 2.75) is 162 Å². The summed E-state index contributed by atoms with van der Waals surface area (Å²) < 4.78 is 0. The van der Waals surface area contributed by atoms with Crippen LogP contribution in [-0.2, 0) is 6.42 Å². The average molecular weight is 552 g/mol. The highest BCUT2D eigenvalue weighted by molar-refractivity contribution is 5.67. The van der Waals surface area contributed by atoms with E-state index in [9.17, 15) is 10.2 Å². The van der Waals surface area contributed by atoms with Crippen molar-refractivity contribution in [1.29, 1.82) is 0 Å². The summed E-state index contributed by atoms with van der Waals surface area (Å²) in [7, 11) is 0. The van der Waals surface area contributed by atoms with Gasteiger partial charge in [0.05, 0.1) is 0 Å². The molecule has 0 aromatic heterocycles. The van der Waals surface area contributed by atoms with Gasteiger partial charge in [0.2, 0.25) is 0 Å². The topological polar surface area (TPSA) is 52.5 Å².